The summed E-state index contributed by atoms with van der Waals surface area (Å²) in [6.07, 6.45) is 1.27. The summed E-state index contributed by atoms with van der Waals surface area (Å²) in [5.74, 6) is -0.984. The van der Waals surface area contributed by atoms with Crippen molar-refractivity contribution in [3.63, 3.8) is 0 Å². The minimum absolute atomic E-state index is 0.194. The van der Waals surface area contributed by atoms with Gasteiger partial charge in [0, 0.05) is 18.8 Å². The summed E-state index contributed by atoms with van der Waals surface area (Å²) >= 11 is 0. The molecular formula is C15H19N3O5. The molecule has 2 rings (SSSR count). The molecule has 2 heterocycles. The zero-order chi connectivity index (χ0) is 17.0. The quantitative estimate of drug-likeness (QED) is 0.778. The van der Waals surface area contributed by atoms with Gasteiger partial charge in [0.1, 0.15) is 11.8 Å². The molecule has 0 saturated carbocycles. The number of hydrogen-bond donors (Lipinski definition) is 1. The van der Waals surface area contributed by atoms with Crippen LogP contribution < -0.4 is 10.1 Å². The Kier molecular flexibility index (Phi) is 5.15. The van der Waals surface area contributed by atoms with Crippen LogP contribution in [0.3, 0.4) is 0 Å². The minimum atomic E-state index is -0.901. The van der Waals surface area contributed by atoms with Crippen LogP contribution in [0.2, 0.25) is 0 Å². The first kappa shape index (κ1) is 16.7. The molecule has 0 aliphatic carbocycles. The Labute approximate surface area is 133 Å². The lowest BCUT2D eigenvalue weighted by Gasteiger charge is -2.34. The summed E-state index contributed by atoms with van der Waals surface area (Å²) in [5.41, 5.74) is 0.963. The zero-order valence-electron chi connectivity index (χ0n) is 13.3. The molecule has 1 N–H and O–H groups in total. The van der Waals surface area contributed by atoms with E-state index in [1.54, 1.807) is 13.0 Å². The summed E-state index contributed by atoms with van der Waals surface area (Å²) in [4.78, 5) is 41.9. The lowest BCUT2D eigenvalue weighted by Crippen LogP contribution is -2.57. The topological polar surface area (TPSA) is 97.8 Å². The molecule has 0 radical (unpaired) electrons. The maximum absolute atomic E-state index is 12.8. The van der Waals surface area contributed by atoms with Gasteiger partial charge >= 0.3 is 5.97 Å². The maximum atomic E-state index is 12.8. The molecular weight excluding hydrogens is 302 g/mol. The lowest BCUT2D eigenvalue weighted by molar-refractivity contribution is -0.145. The van der Waals surface area contributed by atoms with Crippen molar-refractivity contribution in [2.45, 2.75) is 19.4 Å². The summed E-state index contributed by atoms with van der Waals surface area (Å²) in [5, 5.41) is 2.65. The number of carbonyl (C=O) groups excluding carboxylic acids is 3. The normalized spacial score (nSPS) is 17.4. The van der Waals surface area contributed by atoms with Gasteiger partial charge in [-0.3, -0.25) is 19.4 Å². The van der Waals surface area contributed by atoms with E-state index in [4.69, 9.17) is 4.74 Å². The molecule has 0 bridgehead atoms. The van der Waals surface area contributed by atoms with Gasteiger partial charge in [0.05, 0.1) is 32.4 Å². The first-order valence-electron chi connectivity index (χ1n) is 7.14. The maximum Gasteiger partial charge on any atom is 0.308 e. The third kappa shape index (κ3) is 3.58. The Hall–Kier alpha value is -2.64. The van der Waals surface area contributed by atoms with Crippen molar-refractivity contribution in [1.29, 1.82) is 0 Å². The summed E-state index contributed by atoms with van der Waals surface area (Å²) in [6, 6.07) is 0.699. The number of nitrogens with one attached hydrogen (secondary N) is 1. The van der Waals surface area contributed by atoms with Crippen molar-refractivity contribution < 1.29 is 23.9 Å². The Morgan fingerprint density at radius 3 is 2.83 bits per heavy atom. The average Bonchev–Trinajstić information content (AvgIpc) is 2.55. The van der Waals surface area contributed by atoms with Crippen LogP contribution in [-0.2, 0) is 14.3 Å². The number of pyridine rings is 1. The molecule has 0 aromatic carbocycles. The molecule has 0 spiro atoms. The predicted molar refractivity (Wildman–Crippen MR) is 80.0 cm³/mol. The highest BCUT2D eigenvalue weighted by Gasteiger charge is 2.36. The van der Waals surface area contributed by atoms with Crippen LogP contribution in [0.4, 0.5) is 0 Å². The van der Waals surface area contributed by atoms with Crippen LogP contribution in [0, 0.1) is 6.92 Å². The second-order valence-corrected chi connectivity index (χ2v) is 5.11. The summed E-state index contributed by atoms with van der Waals surface area (Å²) < 4.78 is 9.78. The Bertz CT molecular complexity index is 632. The van der Waals surface area contributed by atoms with Crippen molar-refractivity contribution in [3.8, 4) is 5.75 Å². The highest BCUT2D eigenvalue weighted by Crippen LogP contribution is 2.22. The second kappa shape index (κ2) is 7.08. The van der Waals surface area contributed by atoms with Crippen LogP contribution >= 0.6 is 0 Å². The van der Waals surface area contributed by atoms with Crippen LogP contribution in [-0.4, -0.2) is 61.0 Å². The molecule has 1 fully saturated rings. The number of amides is 2. The van der Waals surface area contributed by atoms with Crippen LogP contribution in [0.5, 0.6) is 5.75 Å². The van der Waals surface area contributed by atoms with E-state index in [2.05, 4.69) is 15.0 Å². The van der Waals surface area contributed by atoms with Gasteiger partial charge in [-0.05, 0) is 13.0 Å². The van der Waals surface area contributed by atoms with Gasteiger partial charge in [-0.25, -0.2) is 0 Å². The highest BCUT2D eigenvalue weighted by atomic mass is 16.5. The Balaban J connectivity index is 2.33. The van der Waals surface area contributed by atoms with Crippen LogP contribution in [0.15, 0.2) is 12.3 Å². The molecule has 2 amide bonds. The molecule has 1 unspecified atom stereocenters. The van der Waals surface area contributed by atoms with E-state index in [0.29, 0.717) is 30.1 Å². The SMILES string of the molecule is COC(=O)CC1C(=O)NCCN1C(=O)c1cc(C)ncc1OC. The number of hydrogen-bond acceptors (Lipinski definition) is 6. The molecule has 1 saturated heterocycles. The number of esters is 1. The Morgan fingerprint density at radius 2 is 2.17 bits per heavy atom. The standard InChI is InChI=1S/C15H19N3O5/c1-9-6-10(12(22-2)8-17-9)15(21)18-5-4-16-14(20)11(18)7-13(19)23-3/h6,8,11H,4-5,7H2,1-3H3,(H,16,20). The lowest BCUT2D eigenvalue weighted by atomic mass is 10.1. The van der Waals surface area contributed by atoms with Gasteiger partial charge in [0.15, 0.2) is 0 Å². The monoisotopic (exact) mass is 321 g/mol. The third-order valence-corrected chi connectivity index (χ3v) is 3.63. The van der Waals surface area contributed by atoms with Gasteiger partial charge in [0.2, 0.25) is 5.91 Å². The fourth-order valence-electron chi connectivity index (χ4n) is 2.43. The molecule has 8 nitrogen and oxygen atoms in total. The van der Waals surface area contributed by atoms with Gasteiger partial charge in [-0.2, -0.15) is 0 Å². The molecule has 1 aromatic heterocycles. The fourth-order valence-corrected chi connectivity index (χ4v) is 2.43. The second-order valence-electron chi connectivity index (χ2n) is 5.11. The van der Waals surface area contributed by atoms with Gasteiger partial charge in [-0.1, -0.05) is 0 Å². The number of aromatic nitrogens is 1. The van der Waals surface area contributed by atoms with Gasteiger partial charge in [0.25, 0.3) is 5.91 Å². The third-order valence-electron chi connectivity index (χ3n) is 3.63. The van der Waals surface area contributed by atoms with Crippen LogP contribution in [0.25, 0.3) is 0 Å². The molecule has 1 atom stereocenters. The molecule has 8 heteroatoms. The van der Waals surface area contributed by atoms with E-state index >= 15 is 0 Å². The van der Waals surface area contributed by atoms with Crippen LogP contribution in [0.1, 0.15) is 22.5 Å². The van der Waals surface area contributed by atoms with Crippen molar-refractivity contribution >= 4 is 17.8 Å². The van der Waals surface area contributed by atoms with Crippen molar-refractivity contribution in [2.75, 3.05) is 27.3 Å². The molecule has 1 aliphatic heterocycles. The fraction of sp³-hybridized carbons (Fsp3) is 0.467. The van der Waals surface area contributed by atoms with E-state index in [0.717, 1.165) is 0 Å². The number of piperazine rings is 1. The van der Waals surface area contributed by atoms with Gasteiger partial charge < -0.3 is 19.7 Å². The molecule has 1 aromatic rings. The largest absolute Gasteiger partial charge is 0.494 e. The number of nitrogens with zero attached hydrogens (tertiary/aromatic N) is 2. The molecule has 23 heavy (non-hydrogen) atoms. The summed E-state index contributed by atoms with van der Waals surface area (Å²) in [7, 11) is 2.68. The Morgan fingerprint density at radius 1 is 1.43 bits per heavy atom. The van der Waals surface area contributed by atoms with Crippen molar-refractivity contribution in [3.05, 3.63) is 23.5 Å². The zero-order valence-corrected chi connectivity index (χ0v) is 13.3. The first-order valence-corrected chi connectivity index (χ1v) is 7.14. The van der Waals surface area contributed by atoms with Gasteiger partial charge in [-0.15, -0.1) is 0 Å². The highest BCUT2D eigenvalue weighted by molar-refractivity contribution is 6.01. The molecule has 124 valence electrons. The predicted octanol–water partition coefficient (Wildman–Crippen LogP) is -0.0977. The van der Waals surface area contributed by atoms with E-state index in [1.807, 2.05) is 0 Å². The van der Waals surface area contributed by atoms with Crippen molar-refractivity contribution in [2.24, 2.45) is 0 Å². The number of ether oxygens (including phenoxy) is 2. The smallest absolute Gasteiger partial charge is 0.308 e. The van der Waals surface area contributed by atoms with Crippen molar-refractivity contribution in [1.82, 2.24) is 15.2 Å². The van der Waals surface area contributed by atoms with E-state index in [1.165, 1.54) is 25.3 Å². The number of rotatable bonds is 4. The first-order chi connectivity index (χ1) is 11.0. The number of aryl methyl sites for hydroxylation is 1. The number of carbonyl (C=O) groups is 3. The molecule has 1 aliphatic rings. The van der Waals surface area contributed by atoms with E-state index < -0.39 is 12.0 Å². The summed E-state index contributed by atoms with van der Waals surface area (Å²) in [6.45, 7) is 2.39. The number of methoxy groups -OCH3 is 2. The average molecular weight is 321 g/mol. The van der Waals surface area contributed by atoms with E-state index in [-0.39, 0.29) is 18.2 Å². The minimum Gasteiger partial charge on any atom is -0.494 e. The van der Waals surface area contributed by atoms with E-state index in [9.17, 15) is 14.4 Å².